The number of hydrogen-bond donors (Lipinski definition) is 1. The standard InChI is InChI=1S/C13H11BClNO/c14-12-7-10(15)6-9(13(12)17)8-16-11-4-2-1-3-5-11/h1-8,17H,14H2/b16-8+. The van der Waals surface area contributed by atoms with Gasteiger partial charge in [0.1, 0.15) is 13.6 Å². The Labute approximate surface area is 106 Å². The molecule has 0 atom stereocenters. The van der Waals surface area contributed by atoms with E-state index < -0.39 is 0 Å². The number of halogens is 1. The zero-order chi connectivity index (χ0) is 12.3. The molecular weight excluding hydrogens is 232 g/mol. The molecule has 0 fully saturated rings. The summed E-state index contributed by atoms with van der Waals surface area (Å²) in [7, 11) is 1.81. The molecule has 0 aromatic heterocycles. The summed E-state index contributed by atoms with van der Waals surface area (Å²) in [4.78, 5) is 4.28. The fourth-order valence-electron chi connectivity index (χ4n) is 1.52. The van der Waals surface area contributed by atoms with Crippen LogP contribution >= 0.6 is 11.6 Å². The van der Waals surface area contributed by atoms with E-state index in [4.69, 9.17) is 11.6 Å². The second kappa shape index (κ2) is 5.06. The van der Waals surface area contributed by atoms with E-state index in [0.717, 1.165) is 11.2 Å². The third-order valence-corrected chi connectivity index (χ3v) is 2.62. The van der Waals surface area contributed by atoms with Gasteiger partial charge in [-0.05, 0) is 29.7 Å². The number of aliphatic imine (C=N–C) groups is 1. The average Bonchev–Trinajstić information content (AvgIpc) is 2.33. The van der Waals surface area contributed by atoms with Gasteiger partial charge in [0.25, 0.3) is 0 Å². The molecule has 1 N–H and O–H groups in total. The van der Waals surface area contributed by atoms with Crippen molar-refractivity contribution in [2.24, 2.45) is 4.99 Å². The Morgan fingerprint density at radius 3 is 2.59 bits per heavy atom. The SMILES string of the molecule is Bc1cc(Cl)cc(/C=N/c2ccccc2)c1O. The lowest BCUT2D eigenvalue weighted by Crippen LogP contribution is -2.04. The van der Waals surface area contributed by atoms with Gasteiger partial charge in [0.15, 0.2) is 0 Å². The average molecular weight is 244 g/mol. The van der Waals surface area contributed by atoms with E-state index in [1.165, 1.54) is 0 Å². The molecule has 0 spiro atoms. The number of aromatic hydroxyl groups is 1. The number of phenolic OH excluding ortho intramolecular Hbond substituents is 1. The second-order valence-electron chi connectivity index (χ2n) is 3.75. The number of rotatable bonds is 2. The van der Waals surface area contributed by atoms with Crippen LogP contribution in [0.3, 0.4) is 0 Å². The molecule has 0 aliphatic carbocycles. The molecule has 0 saturated carbocycles. The molecule has 4 heteroatoms. The van der Waals surface area contributed by atoms with Gasteiger partial charge >= 0.3 is 0 Å². The van der Waals surface area contributed by atoms with Crippen LogP contribution in [0.1, 0.15) is 5.56 Å². The van der Waals surface area contributed by atoms with E-state index in [0.29, 0.717) is 10.6 Å². The van der Waals surface area contributed by atoms with Crippen LogP contribution in [0.15, 0.2) is 47.5 Å². The molecule has 0 saturated heterocycles. The first kappa shape index (κ1) is 11.7. The molecule has 2 aromatic rings. The summed E-state index contributed by atoms with van der Waals surface area (Å²) in [5.41, 5.74) is 2.20. The van der Waals surface area contributed by atoms with Gasteiger partial charge in [-0.1, -0.05) is 29.8 Å². The fraction of sp³-hybridized carbons (Fsp3) is 0. The summed E-state index contributed by atoms with van der Waals surface area (Å²) in [6, 6.07) is 13.0. The van der Waals surface area contributed by atoms with Gasteiger partial charge in [0.05, 0.1) is 5.69 Å². The van der Waals surface area contributed by atoms with Crippen molar-refractivity contribution in [2.45, 2.75) is 0 Å². The Bertz CT molecular complexity index is 555. The molecule has 2 rings (SSSR count). The lowest BCUT2D eigenvalue weighted by atomic mass is 9.93. The molecule has 0 heterocycles. The Morgan fingerprint density at radius 1 is 1.18 bits per heavy atom. The van der Waals surface area contributed by atoms with Gasteiger partial charge < -0.3 is 5.11 Å². The van der Waals surface area contributed by atoms with Crippen LogP contribution in [0, 0.1) is 0 Å². The minimum Gasteiger partial charge on any atom is -0.508 e. The number of hydrogen-bond acceptors (Lipinski definition) is 2. The van der Waals surface area contributed by atoms with Crippen molar-refractivity contribution in [3.05, 3.63) is 53.1 Å². The van der Waals surface area contributed by atoms with Crippen molar-refractivity contribution in [3.63, 3.8) is 0 Å². The van der Waals surface area contributed by atoms with Crippen molar-refractivity contribution >= 4 is 36.8 Å². The van der Waals surface area contributed by atoms with Crippen LogP contribution in [0.4, 0.5) is 5.69 Å². The molecule has 0 bridgehead atoms. The maximum Gasteiger partial charge on any atom is 0.144 e. The van der Waals surface area contributed by atoms with Crippen LogP contribution in [0.25, 0.3) is 0 Å². The summed E-state index contributed by atoms with van der Waals surface area (Å²) >= 11 is 5.93. The van der Waals surface area contributed by atoms with Crippen LogP contribution in [-0.4, -0.2) is 19.2 Å². The summed E-state index contributed by atoms with van der Waals surface area (Å²) in [6.07, 6.45) is 1.61. The lowest BCUT2D eigenvalue weighted by molar-refractivity contribution is 0.479. The minimum atomic E-state index is 0.217. The van der Waals surface area contributed by atoms with E-state index in [1.54, 1.807) is 26.2 Å². The predicted molar refractivity (Wildman–Crippen MR) is 75.0 cm³/mol. The van der Waals surface area contributed by atoms with Crippen LogP contribution in [-0.2, 0) is 0 Å². The van der Waals surface area contributed by atoms with Crippen LogP contribution in [0.5, 0.6) is 5.75 Å². The Balaban J connectivity index is 2.33. The molecule has 17 heavy (non-hydrogen) atoms. The highest BCUT2D eigenvalue weighted by Gasteiger charge is 2.03. The quantitative estimate of drug-likeness (QED) is 0.635. The van der Waals surface area contributed by atoms with Crippen LogP contribution < -0.4 is 5.46 Å². The van der Waals surface area contributed by atoms with E-state index in [2.05, 4.69) is 4.99 Å². The number of nitrogens with zero attached hydrogens (tertiary/aromatic N) is 1. The summed E-state index contributed by atoms with van der Waals surface area (Å²) in [5.74, 6) is 0.217. The Hall–Kier alpha value is -1.74. The molecule has 0 aliphatic rings. The third kappa shape index (κ3) is 2.89. The Morgan fingerprint density at radius 2 is 1.88 bits per heavy atom. The second-order valence-corrected chi connectivity index (χ2v) is 4.19. The van der Waals surface area contributed by atoms with Crippen molar-refractivity contribution < 1.29 is 5.11 Å². The van der Waals surface area contributed by atoms with E-state index >= 15 is 0 Å². The first-order valence-electron chi connectivity index (χ1n) is 5.25. The zero-order valence-electron chi connectivity index (χ0n) is 9.39. The van der Waals surface area contributed by atoms with Gasteiger partial charge in [0, 0.05) is 16.8 Å². The van der Waals surface area contributed by atoms with E-state index in [-0.39, 0.29) is 5.75 Å². The summed E-state index contributed by atoms with van der Waals surface area (Å²) in [6.45, 7) is 0. The minimum absolute atomic E-state index is 0.217. The molecule has 0 radical (unpaired) electrons. The molecule has 2 aromatic carbocycles. The molecule has 0 aliphatic heterocycles. The monoisotopic (exact) mass is 243 g/mol. The van der Waals surface area contributed by atoms with Gasteiger partial charge in [-0.3, -0.25) is 4.99 Å². The topological polar surface area (TPSA) is 32.6 Å². The first-order valence-corrected chi connectivity index (χ1v) is 5.63. The highest BCUT2D eigenvalue weighted by molar-refractivity contribution is 6.38. The normalized spacial score (nSPS) is 10.9. The lowest BCUT2D eigenvalue weighted by Gasteiger charge is -2.03. The predicted octanol–water partition coefficient (Wildman–Crippen LogP) is 2.05. The third-order valence-electron chi connectivity index (χ3n) is 2.40. The Kier molecular flexibility index (Phi) is 3.50. The van der Waals surface area contributed by atoms with Gasteiger partial charge in [0.2, 0.25) is 0 Å². The van der Waals surface area contributed by atoms with Gasteiger partial charge in [-0.15, -0.1) is 0 Å². The van der Waals surface area contributed by atoms with Gasteiger partial charge in [-0.2, -0.15) is 0 Å². The van der Waals surface area contributed by atoms with Crippen molar-refractivity contribution in [3.8, 4) is 5.75 Å². The number of benzene rings is 2. The zero-order valence-corrected chi connectivity index (χ0v) is 10.1. The largest absolute Gasteiger partial charge is 0.508 e. The highest BCUT2D eigenvalue weighted by atomic mass is 35.5. The molecular formula is C13H11BClNO. The summed E-state index contributed by atoms with van der Waals surface area (Å²) in [5, 5.41) is 10.4. The molecule has 0 amide bonds. The molecule has 84 valence electrons. The smallest absolute Gasteiger partial charge is 0.144 e. The number of phenols is 1. The van der Waals surface area contributed by atoms with Crippen molar-refractivity contribution in [2.75, 3.05) is 0 Å². The highest BCUT2D eigenvalue weighted by Crippen LogP contribution is 2.18. The van der Waals surface area contributed by atoms with E-state index in [1.807, 2.05) is 30.3 Å². The van der Waals surface area contributed by atoms with E-state index in [9.17, 15) is 5.11 Å². The maximum absolute atomic E-state index is 9.85. The maximum atomic E-state index is 9.85. The molecule has 2 nitrogen and oxygen atoms in total. The van der Waals surface area contributed by atoms with Crippen molar-refractivity contribution in [1.82, 2.24) is 0 Å². The number of para-hydroxylation sites is 1. The van der Waals surface area contributed by atoms with Gasteiger partial charge in [-0.25, -0.2) is 0 Å². The first-order chi connectivity index (χ1) is 8.16. The van der Waals surface area contributed by atoms with Crippen LogP contribution in [0.2, 0.25) is 5.02 Å². The fourth-order valence-corrected chi connectivity index (χ4v) is 1.80. The summed E-state index contributed by atoms with van der Waals surface area (Å²) < 4.78 is 0. The molecule has 0 unspecified atom stereocenters. The van der Waals surface area contributed by atoms with Crippen molar-refractivity contribution in [1.29, 1.82) is 0 Å².